The van der Waals surface area contributed by atoms with E-state index in [0.29, 0.717) is 31.7 Å². The van der Waals surface area contributed by atoms with Crippen LogP contribution in [0.15, 0.2) is 34.9 Å². The van der Waals surface area contributed by atoms with Crippen LogP contribution in [0.5, 0.6) is 0 Å². The number of carbonyl (C=O) groups is 2. The molecule has 0 unspecified atom stereocenters. The van der Waals surface area contributed by atoms with Gasteiger partial charge in [-0.3, -0.25) is 14.3 Å². The molecule has 6 nitrogen and oxygen atoms in total. The Bertz CT molecular complexity index is 823. The molecule has 0 N–H and O–H groups in total. The Morgan fingerprint density at radius 3 is 2.23 bits per heavy atom. The van der Waals surface area contributed by atoms with Crippen molar-refractivity contribution in [3.8, 4) is 0 Å². The lowest BCUT2D eigenvalue weighted by molar-refractivity contribution is 0.0534. The lowest BCUT2D eigenvalue weighted by Crippen LogP contribution is -2.50. The lowest BCUT2D eigenvalue weighted by Gasteiger charge is -2.35. The Kier molecular flexibility index (Phi) is 4.80. The zero-order chi connectivity index (χ0) is 18.1. The number of piperazine rings is 1. The monoisotopic (exact) mass is 416 g/mol. The molecular weight excluding hydrogens is 396 g/mol. The second kappa shape index (κ2) is 7.23. The van der Waals surface area contributed by atoms with E-state index >= 15 is 0 Å². The molecule has 7 heteroatoms. The Balaban J connectivity index is 1.40. The minimum atomic E-state index is 0.0208. The fourth-order valence-electron chi connectivity index (χ4n) is 3.66. The van der Waals surface area contributed by atoms with Crippen LogP contribution in [-0.4, -0.2) is 57.6 Å². The first kappa shape index (κ1) is 17.3. The summed E-state index contributed by atoms with van der Waals surface area (Å²) in [6.07, 6.45) is 4.87. The highest BCUT2D eigenvalue weighted by Gasteiger charge is 2.28. The highest BCUT2D eigenvalue weighted by atomic mass is 79.9. The van der Waals surface area contributed by atoms with Gasteiger partial charge in [0.1, 0.15) is 0 Å². The number of hydrogen-bond donors (Lipinski definition) is 0. The number of aromatic nitrogens is 2. The molecule has 2 aliphatic heterocycles. The van der Waals surface area contributed by atoms with Gasteiger partial charge in [0.05, 0.1) is 17.5 Å². The van der Waals surface area contributed by atoms with Gasteiger partial charge in [0.25, 0.3) is 11.8 Å². The summed E-state index contributed by atoms with van der Waals surface area (Å²) in [5.41, 5.74) is 2.48. The Labute approximate surface area is 160 Å². The molecule has 0 bridgehead atoms. The van der Waals surface area contributed by atoms with Gasteiger partial charge in [0.2, 0.25) is 0 Å². The van der Waals surface area contributed by atoms with E-state index in [1.165, 1.54) is 0 Å². The zero-order valence-electron chi connectivity index (χ0n) is 14.5. The van der Waals surface area contributed by atoms with Crippen LogP contribution in [0.25, 0.3) is 0 Å². The molecule has 2 aromatic rings. The van der Waals surface area contributed by atoms with Gasteiger partial charge in [-0.15, -0.1) is 0 Å². The summed E-state index contributed by atoms with van der Waals surface area (Å²) in [5, 5.41) is 4.36. The summed E-state index contributed by atoms with van der Waals surface area (Å²) in [6.45, 7) is 3.14. The summed E-state index contributed by atoms with van der Waals surface area (Å²) in [4.78, 5) is 29.1. The molecule has 1 fully saturated rings. The highest BCUT2D eigenvalue weighted by molar-refractivity contribution is 9.10. The molecule has 1 aromatic heterocycles. The number of aryl methyl sites for hydroxylation is 1. The van der Waals surface area contributed by atoms with Crippen LogP contribution in [0.4, 0.5) is 0 Å². The van der Waals surface area contributed by atoms with Crippen LogP contribution in [-0.2, 0) is 13.0 Å². The van der Waals surface area contributed by atoms with Gasteiger partial charge in [-0.05, 0) is 43.5 Å². The molecule has 1 saturated heterocycles. The van der Waals surface area contributed by atoms with Gasteiger partial charge in [0, 0.05) is 42.8 Å². The van der Waals surface area contributed by atoms with E-state index in [4.69, 9.17) is 0 Å². The number of fused-ring (bicyclic) bond motifs is 1. The van der Waals surface area contributed by atoms with E-state index in [1.54, 1.807) is 6.20 Å². The van der Waals surface area contributed by atoms with E-state index in [9.17, 15) is 9.59 Å². The molecule has 3 heterocycles. The topological polar surface area (TPSA) is 58.4 Å². The number of carbonyl (C=O) groups excluding carboxylic acids is 2. The van der Waals surface area contributed by atoms with Crippen LogP contribution < -0.4 is 0 Å². The number of amides is 2. The van der Waals surface area contributed by atoms with Gasteiger partial charge in [-0.2, -0.15) is 5.10 Å². The van der Waals surface area contributed by atoms with Crippen molar-refractivity contribution in [2.45, 2.75) is 25.8 Å². The SMILES string of the molecule is O=C(c1ccc(Br)cc1)N1CCN(C(=O)c2cnn3c2CCCC3)CC1. The first-order valence-corrected chi connectivity index (χ1v) is 9.81. The predicted octanol–water partition coefficient (Wildman–Crippen LogP) is 2.58. The largest absolute Gasteiger partial charge is 0.335 e. The van der Waals surface area contributed by atoms with Crippen molar-refractivity contribution in [3.63, 3.8) is 0 Å². The molecule has 0 spiro atoms. The van der Waals surface area contributed by atoms with Crippen molar-refractivity contribution in [2.24, 2.45) is 0 Å². The summed E-state index contributed by atoms with van der Waals surface area (Å²) in [6, 6.07) is 7.39. The fourth-order valence-corrected chi connectivity index (χ4v) is 3.92. The van der Waals surface area contributed by atoms with Gasteiger partial charge in [-0.1, -0.05) is 15.9 Å². The first-order chi connectivity index (χ1) is 12.6. The molecular formula is C19H21BrN4O2. The van der Waals surface area contributed by atoms with Crippen LogP contribution in [0.2, 0.25) is 0 Å². The van der Waals surface area contributed by atoms with E-state index in [1.807, 2.05) is 38.7 Å². The number of rotatable bonds is 2. The van der Waals surface area contributed by atoms with E-state index < -0.39 is 0 Å². The average Bonchev–Trinajstić information content (AvgIpc) is 3.12. The van der Waals surface area contributed by atoms with Gasteiger partial charge >= 0.3 is 0 Å². The standard InChI is InChI=1S/C19H21BrN4O2/c20-15-6-4-14(5-7-15)18(25)22-9-11-23(12-10-22)19(26)16-13-21-24-8-2-1-3-17(16)24/h4-7,13H,1-3,8-12H2. The van der Waals surface area contributed by atoms with Crippen molar-refractivity contribution < 1.29 is 9.59 Å². The second-order valence-electron chi connectivity index (χ2n) is 6.78. The molecule has 26 heavy (non-hydrogen) atoms. The zero-order valence-corrected chi connectivity index (χ0v) is 16.1. The minimum absolute atomic E-state index is 0.0208. The first-order valence-electron chi connectivity index (χ1n) is 9.02. The minimum Gasteiger partial charge on any atom is -0.335 e. The van der Waals surface area contributed by atoms with Crippen LogP contribution in [0.3, 0.4) is 0 Å². The maximum atomic E-state index is 12.9. The molecule has 2 aliphatic rings. The predicted molar refractivity (Wildman–Crippen MR) is 101 cm³/mol. The van der Waals surface area contributed by atoms with Crippen LogP contribution >= 0.6 is 15.9 Å². The number of halogens is 1. The number of nitrogens with zero attached hydrogens (tertiary/aromatic N) is 4. The molecule has 2 amide bonds. The average molecular weight is 417 g/mol. The Morgan fingerprint density at radius 1 is 0.885 bits per heavy atom. The van der Waals surface area contributed by atoms with E-state index in [0.717, 1.165) is 41.5 Å². The third kappa shape index (κ3) is 3.28. The maximum Gasteiger partial charge on any atom is 0.257 e. The third-order valence-corrected chi connectivity index (χ3v) is 5.69. The normalized spacial score (nSPS) is 17.1. The van der Waals surface area contributed by atoms with Gasteiger partial charge in [-0.25, -0.2) is 0 Å². The van der Waals surface area contributed by atoms with Crippen LogP contribution in [0, 0.1) is 0 Å². The third-order valence-electron chi connectivity index (χ3n) is 5.16. The Hall–Kier alpha value is -2.15. The molecule has 136 valence electrons. The molecule has 0 aliphatic carbocycles. The fraction of sp³-hybridized carbons (Fsp3) is 0.421. The van der Waals surface area contributed by atoms with Crippen molar-refractivity contribution in [1.29, 1.82) is 0 Å². The smallest absolute Gasteiger partial charge is 0.257 e. The Morgan fingerprint density at radius 2 is 1.54 bits per heavy atom. The lowest BCUT2D eigenvalue weighted by atomic mass is 10.1. The highest BCUT2D eigenvalue weighted by Crippen LogP contribution is 2.20. The molecule has 0 saturated carbocycles. The second-order valence-corrected chi connectivity index (χ2v) is 7.69. The summed E-state index contributed by atoms with van der Waals surface area (Å²) in [7, 11) is 0. The van der Waals surface area contributed by atoms with E-state index in [-0.39, 0.29) is 11.8 Å². The summed E-state index contributed by atoms with van der Waals surface area (Å²) in [5.74, 6) is 0.0661. The molecule has 1 aromatic carbocycles. The maximum absolute atomic E-state index is 12.9. The van der Waals surface area contributed by atoms with Crippen molar-refractivity contribution in [2.75, 3.05) is 26.2 Å². The van der Waals surface area contributed by atoms with Crippen molar-refractivity contribution in [3.05, 3.63) is 51.8 Å². The van der Waals surface area contributed by atoms with Crippen LogP contribution in [0.1, 0.15) is 39.3 Å². The number of benzene rings is 1. The van der Waals surface area contributed by atoms with Crippen molar-refractivity contribution >= 4 is 27.7 Å². The molecule has 4 rings (SSSR count). The van der Waals surface area contributed by atoms with Crippen molar-refractivity contribution in [1.82, 2.24) is 19.6 Å². The summed E-state index contributed by atoms with van der Waals surface area (Å²) >= 11 is 3.38. The molecule has 0 radical (unpaired) electrons. The summed E-state index contributed by atoms with van der Waals surface area (Å²) < 4.78 is 2.92. The molecule has 0 atom stereocenters. The van der Waals surface area contributed by atoms with Gasteiger partial charge < -0.3 is 9.80 Å². The van der Waals surface area contributed by atoms with Gasteiger partial charge in [0.15, 0.2) is 0 Å². The number of hydrogen-bond acceptors (Lipinski definition) is 3. The quantitative estimate of drug-likeness (QED) is 0.755. The van der Waals surface area contributed by atoms with E-state index in [2.05, 4.69) is 21.0 Å².